The number of nitrogens with one attached hydrogen (secondary N) is 1. The molecule has 1 aliphatic rings. The maximum absolute atomic E-state index is 12.8. The summed E-state index contributed by atoms with van der Waals surface area (Å²) in [6.07, 6.45) is -0.112. The van der Waals surface area contributed by atoms with Crippen molar-refractivity contribution in [1.82, 2.24) is 0 Å². The van der Waals surface area contributed by atoms with Gasteiger partial charge in [-0.3, -0.25) is 9.59 Å². The number of sulfone groups is 1. The second-order valence-electron chi connectivity index (χ2n) is 6.95. The van der Waals surface area contributed by atoms with Gasteiger partial charge in [0.1, 0.15) is 0 Å². The van der Waals surface area contributed by atoms with Crippen LogP contribution in [0.3, 0.4) is 0 Å². The topological polar surface area (TPSA) is 83.6 Å². The zero-order chi connectivity index (χ0) is 21.2. The van der Waals surface area contributed by atoms with E-state index in [0.29, 0.717) is 12.2 Å². The maximum Gasteiger partial charge on any atom is 0.237 e. The molecular weight excluding hydrogens is 408 g/mol. The summed E-state index contributed by atoms with van der Waals surface area (Å²) in [7, 11) is -3.66. The first kappa shape index (κ1) is 21.4. The van der Waals surface area contributed by atoms with Crippen molar-refractivity contribution in [2.24, 2.45) is 0 Å². The van der Waals surface area contributed by atoms with Gasteiger partial charge >= 0.3 is 0 Å². The molecule has 0 saturated heterocycles. The van der Waals surface area contributed by atoms with E-state index in [0.717, 1.165) is 16.1 Å². The van der Waals surface area contributed by atoms with Gasteiger partial charge in [0.25, 0.3) is 0 Å². The van der Waals surface area contributed by atoms with Crippen molar-refractivity contribution in [3.05, 3.63) is 48.0 Å². The van der Waals surface area contributed by atoms with Crippen molar-refractivity contribution in [3.63, 3.8) is 0 Å². The number of fused-ring (bicyclic) bond motifs is 1. The molecule has 2 amide bonds. The molecule has 0 aromatic heterocycles. The van der Waals surface area contributed by atoms with Crippen LogP contribution in [0.4, 0.5) is 11.4 Å². The molecule has 0 aliphatic carbocycles. The van der Waals surface area contributed by atoms with Gasteiger partial charge in [-0.15, -0.1) is 11.8 Å². The number of nitrogens with zero attached hydrogens (tertiary/aromatic N) is 1. The molecule has 0 radical (unpaired) electrons. The SMILES string of the molecule is CCN(C(=O)CCS(=O)(=O)c1ccc2c(c1)NC(=O)C(C)S2)c1cccc(C)c1. The summed E-state index contributed by atoms with van der Waals surface area (Å²) >= 11 is 1.40. The van der Waals surface area contributed by atoms with Crippen LogP contribution in [-0.4, -0.2) is 37.8 Å². The van der Waals surface area contributed by atoms with Crippen molar-refractivity contribution in [2.45, 2.75) is 42.2 Å². The first-order valence-corrected chi connectivity index (χ1v) is 12.0. The third-order valence-corrected chi connectivity index (χ3v) is 7.65. The van der Waals surface area contributed by atoms with Crippen LogP contribution in [-0.2, 0) is 19.4 Å². The van der Waals surface area contributed by atoms with Gasteiger partial charge < -0.3 is 10.2 Å². The van der Waals surface area contributed by atoms with Gasteiger partial charge in [0.15, 0.2) is 9.84 Å². The van der Waals surface area contributed by atoms with E-state index in [1.807, 2.05) is 38.1 Å². The fourth-order valence-electron chi connectivity index (χ4n) is 3.15. The van der Waals surface area contributed by atoms with E-state index >= 15 is 0 Å². The molecule has 1 heterocycles. The molecule has 154 valence electrons. The number of anilines is 2. The summed E-state index contributed by atoms with van der Waals surface area (Å²) in [5.74, 6) is -0.675. The minimum Gasteiger partial charge on any atom is -0.324 e. The van der Waals surface area contributed by atoms with Crippen molar-refractivity contribution in [2.75, 3.05) is 22.5 Å². The molecule has 0 bridgehead atoms. The van der Waals surface area contributed by atoms with Gasteiger partial charge in [0.05, 0.1) is 21.6 Å². The molecule has 0 spiro atoms. The van der Waals surface area contributed by atoms with Crippen LogP contribution in [0.25, 0.3) is 0 Å². The Hall–Kier alpha value is -2.32. The number of thioether (sulfide) groups is 1. The quantitative estimate of drug-likeness (QED) is 0.753. The molecule has 29 heavy (non-hydrogen) atoms. The lowest BCUT2D eigenvalue weighted by Gasteiger charge is -2.22. The largest absolute Gasteiger partial charge is 0.324 e. The second kappa shape index (κ2) is 8.59. The highest BCUT2D eigenvalue weighted by molar-refractivity contribution is 8.01. The predicted octanol–water partition coefficient (Wildman–Crippen LogP) is 3.64. The number of hydrogen-bond acceptors (Lipinski definition) is 5. The minimum absolute atomic E-state index is 0.109. The van der Waals surface area contributed by atoms with Crippen molar-refractivity contribution in [1.29, 1.82) is 0 Å². The maximum atomic E-state index is 12.8. The monoisotopic (exact) mass is 432 g/mol. The molecule has 0 saturated carbocycles. The lowest BCUT2D eigenvalue weighted by atomic mass is 10.2. The van der Waals surface area contributed by atoms with Gasteiger partial charge in [-0.1, -0.05) is 12.1 Å². The zero-order valence-electron chi connectivity index (χ0n) is 16.6. The number of aryl methyl sites for hydroxylation is 1. The average molecular weight is 433 g/mol. The van der Waals surface area contributed by atoms with Crippen LogP contribution in [0.15, 0.2) is 52.3 Å². The normalized spacial score (nSPS) is 16.1. The van der Waals surface area contributed by atoms with E-state index in [4.69, 9.17) is 0 Å². The summed E-state index contributed by atoms with van der Waals surface area (Å²) in [6.45, 7) is 6.06. The van der Waals surface area contributed by atoms with Gasteiger partial charge in [-0.05, 0) is 56.7 Å². The molecule has 1 aliphatic heterocycles. The Morgan fingerprint density at radius 1 is 1.21 bits per heavy atom. The van der Waals surface area contributed by atoms with Crippen LogP contribution in [0, 0.1) is 6.92 Å². The standard InChI is InChI=1S/C21H24N2O4S2/c1-4-23(16-7-5-6-14(2)12-16)20(24)10-11-29(26,27)17-8-9-19-18(13-17)22-21(25)15(3)28-19/h5-9,12-13,15H,4,10-11H2,1-3H3,(H,22,25). The molecule has 1 atom stereocenters. The molecule has 2 aromatic carbocycles. The van der Waals surface area contributed by atoms with Crippen molar-refractivity contribution in [3.8, 4) is 0 Å². The Morgan fingerprint density at radius 2 is 1.97 bits per heavy atom. The van der Waals surface area contributed by atoms with E-state index in [1.54, 1.807) is 17.9 Å². The van der Waals surface area contributed by atoms with Crippen LogP contribution >= 0.6 is 11.8 Å². The summed E-state index contributed by atoms with van der Waals surface area (Å²) in [4.78, 5) is 27.1. The Kier molecular flexibility index (Phi) is 6.33. The highest BCUT2D eigenvalue weighted by Crippen LogP contribution is 2.37. The number of rotatable bonds is 6. The first-order valence-electron chi connectivity index (χ1n) is 9.42. The molecule has 0 fully saturated rings. The summed E-state index contributed by atoms with van der Waals surface area (Å²) in [5, 5.41) is 2.52. The van der Waals surface area contributed by atoms with Crippen LogP contribution < -0.4 is 10.2 Å². The molecule has 3 rings (SSSR count). The number of carbonyl (C=O) groups is 2. The number of benzene rings is 2. The average Bonchev–Trinajstić information content (AvgIpc) is 2.67. The molecule has 1 N–H and O–H groups in total. The molecule has 8 heteroatoms. The smallest absolute Gasteiger partial charge is 0.237 e. The molecule has 1 unspecified atom stereocenters. The molecule has 2 aromatic rings. The third-order valence-electron chi connectivity index (χ3n) is 4.76. The number of carbonyl (C=O) groups excluding carboxylic acids is 2. The van der Waals surface area contributed by atoms with Crippen LogP contribution in [0.1, 0.15) is 25.8 Å². The molecular formula is C21H24N2O4S2. The molecule has 6 nitrogen and oxygen atoms in total. The van der Waals surface area contributed by atoms with Gasteiger partial charge in [-0.25, -0.2) is 8.42 Å². The Labute approximate surface area is 175 Å². The number of amides is 2. The highest BCUT2D eigenvalue weighted by Gasteiger charge is 2.26. The van der Waals surface area contributed by atoms with Crippen LogP contribution in [0.5, 0.6) is 0 Å². The van der Waals surface area contributed by atoms with Crippen LogP contribution in [0.2, 0.25) is 0 Å². The summed E-state index contributed by atoms with van der Waals surface area (Å²) in [6, 6.07) is 12.3. The van der Waals surface area contributed by atoms with E-state index in [1.165, 1.54) is 23.9 Å². The van der Waals surface area contributed by atoms with E-state index in [-0.39, 0.29) is 34.1 Å². The van der Waals surface area contributed by atoms with Crippen molar-refractivity contribution < 1.29 is 18.0 Å². The lowest BCUT2D eigenvalue weighted by molar-refractivity contribution is -0.118. The fourth-order valence-corrected chi connectivity index (χ4v) is 5.34. The second-order valence-corrected chi connectivity index (χ2v) is 10.4. The summed E-state index contributed by atoms with van der Waals surface area (Å²) < 4.78 is 25.6. The Morgan fingerprint density at radius 3 is 2.66 bits per heavy atom. The van der Waals surface area contributed by atoms with Gasteiger partial charge in [0.2, 0.25) is 11.8 Å². The zero-order valence-corrected chi connectivity index (χ0v) is 18.3. The highest BCUT2D eigenvalue weighted by atomic mass is 32.2. The van der Waals surface area contributed by atoms with Gasteiger partial charge in [0, 0.05) is 23.5 Å². The van der Waals surface area contributed by atoms with E-state index in [2.05, 4.69) is 5.32 Å². The van der Waals surface area contributed by atoms with E-state index < -0.39 is 9.84 Å². The van der Waals surface area contributed by atoms with Gasteiger partial charge in [-0.2, -0.15) is 0 Å². The summed E-state index contributed by atoms with van der Waals surface area (Å²) in [5.41, 5.74) is 2.29. The number of hydrogen-bond donors (Lipinski definition) is 1. The third kappa shape index (κ3) is 4.82. The van der Waals surface area contributed by atoms with Crippen molar-refractivity contribution >= 4 is 44.8 Å². The van der Waals surface area contributed by atoms with E-state index in [9.17, 15) is 18.0 Å². The minimum atomic E-state index is -3.66. The lowest BCUT2D eigenvalue weighted by Crippen LogP contribution is -2.32. The Bertz CT molecular complexity index is 1050. The first-order chi connectivity index (χ1) is 13.7. The Balaban J connectivity index is 1.73. The fraction of sp³-hybridized carbons (Fsp3) is 0.333. The predicted molar refractivity (Wildman–Crippen MR) is 116 cm³/mol.